The monoisotopic (exact) mass is 1080 g/mol. The van der Waals surface area contributed by atoms with Crippen LogP contribution in [0, 0.1) is 19.1 Å². The minimum atomic E-state index is 0. The van der Waals surface area contributed by atoms with E-state index in [4.69, 9.17) is 14.4 Å². The molecule has 3 aromatic heterocycles. The molecule has 0 aliphatic rings. The van der Waals surface area contributed by atoms with Crippen LogP contribution in [0.25, 0.3) is 89.3 Å². The molecule has 0 amide bonds. The molecule has 0 saturated carbocycles. The van der Waals surface area contributed by atoms with Crippen LogP contribution >= 0.6 is 0 Å². The van der Waals surface area contributed by atoms with Crippen molar-refractivity contribution in [2.75, 3.05) is 0 Å². The second-order valence-corrected chi connectivity index (χ2v) is 19.3. The van der Waals surface area contributed by atoms with Crippen LogP contribution in [0.2, 0.25) is 0 Å². The van der Waals surface area contributed by atoms with Crippen molar-refractivity contribution >= 4 is 44.0 Å². The summed E-state index contributed by atoms with van der Waals surface area (Å²) in [5.74, 6) is 3.25. The molecule has 6 heteroatoms. The molecule has 0 saturated heterocycles. The first kappa shape index (κ1) is 47.2. The number of para-hydroxylation sites is 5. The van der Waals surface area contributed by atoms with E-state index in [1.165, 1.54) is 50.3 Å². The molecule has 0 aliphatic heterocycles. The van der Waals surface area contributed by atoms with Crippen molar-refractivity contribution in [3.63, 3.8) is 0 Å². The quantitative estimate of drug-likeness (QED) is 0.135. The van der Waals surface area contributed by atoms with Gasteiger partial charge in [-0.25, -0.2) is 0 Å². The number of benzene rings is 8. The fourth-order valence-electron chi connectivity index (χ4n) is 9.79. The number of aromatic nitrogens is 4. The topological polar surface area (TPSA) is 48.8 Å². The number of hydrogen-bond donors (Lipinski definition) is 0. The SMILES string of the molecule is CC(C)c1cccc(C(C)C)c1-n1c(-c2[c-]cccc2)nc2ccccc21.Cc1ccc2c(c1)oc1c(-c3nc4ccccc4n3-c3c(C(C)C)cc(-c4ccccc4)cc3C(C)C)[c-]ccc12.[Ir]. The first-order valence-electron chi connectivity index (χ1n) is 24.1. The Balaban J connectivity index is 0.000000184. The van der Waals surface area contributed by atoms with Crippen molar-refractivity contribution in [1.82, 2.24) is 19.1 Å². The molecule has 69 heavy (non-hydrogen) atoms. The fourth-order valence-corrected chi connectivity index (χ4v) is 9.79. The number of nitrogens with zero attached hydrogens (tertiary/aromatic N) is 4. The molecule has 0 N–H and O–H groups in total. The molecule has 347 valence electrons. The Kier molecular flexibility index (Phi) is 13.4. The van der Waals surface area contributed by atoms with E-state index in [1.54, 1.807) is 0 Å². The predicted molar refractivity (Wildman–Crippen MR) is 284 cm³/mol. The van der Waals surface area contributed by atoms with Gasteiger partial charge in [-0.1, -0.05) is 151 Å². The maximum absolute atomic E-state index is 6.55. The van der Waals surface area contributed by atoms with Gasteiger partial charge in [0.05, 0.1) is 39.3 Å². The molecule has 3 heterocycles. The van der Waals surface area contributed by atoms with E-state index in [0.717, 1.165) is 66.8 Å². The zero-order chi connectivity index (χ0) is 47.2. The van der Waals surface area contributed by atoms with E-state index >= 15 is 0 Å². The third-order valence-electron chi connectivity index (χ3n) is 13.2. The summed E-state index contributed by atoms with van der Waals surface area (Å²) in [5.41, 5.74) is 19.2. The summed E-state index contributed by atoms with van der Waals surface area (Å²) in [6.07, 6.45) is 0. The van der Waals surface area contributed by atoms with Crippen molar-refractivity contribution in [1.29, 1.82) is 0 Å². The molecule has 11 rings (SSSR count). The minimum Gasteiger partial charge on any atom is -0.501 e. The van der Waals surface area contributed by atoms with Gasteiger partial charge in [-0.2, -0.15) is 0 Å². The third kappa shape index (κ3) is 8.77. The Labute approximate surface area is 420 Å². The van der Waals surface area contributed by atoms with Gasteiger partial charge in [0, 0.05) is 36.9 Å². The third-order valence-corrected chi connectivity index (χ3v) is 13.2. The van der Waals surface area contributed by atoms with Gasteiger partial charge in [0.25, 0.3) is 0 Å². The summed E-state index contributed by atoms with van der Waals surface area (Å²) in [6, 6.07) is 64.4. The number of furan rings is 1. The maximum Gasteiger partial charge on any atom is 0.121 e. The average Bonchev–Trinajstić information content (AvgIpc) is 4.05. The summed E-state index contributed by atoms with van der Waals surface area (Å²) >= 11 is 0. The van der Waals surface area contributed by atoms with Crippen molar-refractivity contribution in [2.45, 2.75) is 86.0 Å². The van der Waals surface area contributed by atoms with Crippen LogP contribution in [0.15, 0.2) is 168 Å². The van der Waals surface area contributed by atoms with Crippen molar-refractivity contribution in [3.05, 3.63) is 204 Å². The molecule has 0 aliphatic carbocycles. The zero-order valence-corrected chi connectivity index (χ0v) is 43.3. The Hall–Kier alpha value is -6.85. The number of aryl methyl sites for hydroxylation is 1. The van der Waals surface area contributed by atoms with E-state index in [1.807, 2.05) is 24.3 Å². The number of fused-ring (bicyclic) bond motifs is 5. The molecule has 0 atom stereocenters. The summed E-state index contributed by atoms with van der Waals surface area (Å²) in [4.78, 5) is 10.2. The fraction of sp³-hybridized carbons (Fsp3) is 0.206. The van der Waals surface area contributed by atoms with Gasteiger partial charge in [-0.3, -0.25) is 9.97 Å². The molecule has 0 bridgehead atoms. The van der Waals surface area contributed by atoms with Crippen LogP contribution in [0.5, 0.6) is 0 Å². The largest absolute Gasteiger partial charge is 0.501 e. The second kappa shape index (κ2) is 19.6. The second-order valence-electron chi connectivity index (χ2n) is 19.3. The van der Waals surface area contributed by atoms with Gasteiger partial charge in [-0.15, -0.1) is 54.1 Å². The van der Waals surface area contributed by atoms with Crippen molar-refractivity contribution in [2.24, 2.45) is 0 Å². The Morgan fingerprint density at radius 2 is 1.01 bits per heavy atom. The maximum atomic E-state index is 6.55. The van der Waals surface area contributed by atoms with Crippen LogP contribution < -0.4 is 0 Å². The minimum absolute atomic E-state index is 0. The van der Waals surface area contributed by atoms with Crippen LogP contribution in [0.1, 0.15) is 107 Å². The normalized spacial score (nSPS) is 11.7. The van der Waals surface area contributed by atoms with Gasteiger partial charge in [0.15, 0.2) is 0 Å². The predicted octanol–water partition coefficient (Wildman–Crippen LogP) is 17.4. The molecule has 0 spiro atoms. The van der Waals surface area contributed by atoms with Crippen LogP contribution in [-0.2, 0) is 20.1 Å². The van der Waals surface area contributed by atoms with E-state index in [-0.39, 0.29) is 20.1 Å². The van der Waals surface area contributed by atoms with Gasteiger partial charge >= 0.3 is 0 Å². The zero-order valence-electron chi connectivity index (χ0n) is 40.9. The molecule has 5 nitrogen and oxygen atoms in total. The number of rotatable bonds is 9. The standard InChI is InChI=1S/C38H33N2O.C25H25N2.Ir/c1-23(2)31-21-27(26-12-7-6-8-13-26)22-32(24(3)4)36(31)40-34-17-10-9-16-33(34)39-38(40)30-15-11-14-29-28-19-18-25(5)20-35(28)41-37(29)30;1-17(2)20-13-10-14-21(18(3)4)24(20)27-23-16-9-8-15-22(23)26-25(27)19-11-6-5-7-12-19;/h6-14,16-24H,1-5H3;5-11,13-18H,1-4H3;/q2*-1;. The first-order valence-corrected chi connectivity index (χ1v) is 24.1. The molecular formula is C63H58IrN4O-2. The molecule has 8 aromatic carbocycles. The van der Waals surface area contributed by atoms with Gasteiger partial charge in [-0.05, 0) is 112 Å². The summed E-state index contributed by atoms with van der Waals surface area (Å²) in [6.45, 7) is 20.3. The number of hydrogen-bond acceptors (Lipinski definition) is 3. The van der Waals surface area contributed by atoms with Gasteiger partial charge in [0.2, 0.25) is 0 Å². The number of imidazole rings is 2. The molecular weight excluding hydrogens is 1020 g/mol. The van der Waals surface area contributed by atoms with Crippen LogP contribution in [0.4, 0.5) is 0 Å². The summed E-state index contributed by atoms with van der Waals surface area (Å²) in [5, 5.41) is 2.20. The smallest absolute Gasteiger partial charge is 0.121 e. The Morgan fingerprint density at radius 1 is 0.464 bits per heavy atom. The van der Waals surface area contributed by atoms with Crippen LogP contribution in [0.3, 0.4) is 0 Å². The summed E-state index contributed by atoms with van der Waals surface area (Å²) < 4.78 is 11.3. The molecule has 0 fully saturated rings. The first-order chi connectivity index (χ1) is 33.0. The van der Waals surface area contributed by atoms with E-state index < -0.39 is 0 Å². The molecule has 11 aromatic rings. The van der Waals surface area contributed by atoms with Crippen LogP contribution in [-0.4, -0.2) is 19.1 Å². The Bertz CT molecular complexity index is 3540. The summed E-state index contributed by atoms with van der Waals surface area (Å²) in [7, 11) is 0. The Morgan fingerprint density at radius 3 is 1.61 bits per heavy atom. The molecule has 1 radical (unpaired) electrons. The van der Waals surface area contributed by atoms with Gasteiger partial charge < -0.3 is 13.6 Å². The van der Waals surface area contributed by atoms with E-state index in [9.17, 15) is 0 Å². The average molecular weight is 1080 g/mol. The van der Waals surface area contributed by atoms with Crippen molar-refractivity contribution < 1.29 is 24.5 Å². The van der Waals surface area contributed by atoms with E-state index in [2.05, 4.69) is 223 Å². The van der Waals surface area contributed by atoms with Crippen molar-refractivity contribution in [3.8, 4) is 45.3 Å². The van der Waals surface area contributed by atoms with E-state index in [0.29, 0.717) is 23.7 Å². The van der Waals surface area contributed by atoms with Gasteiger partial charge in [0.1, 0.15) is 5.58 Å². The molecule has 0 unspecified atom stereocenters.